The van der Waals surface area contributed by atoms with Crippen LogP contribution in [-0.2, 0) is 11.3 Å². The Labute approximate surface area is 106 Å². The van der Waals surface area contributed by atoms with Crippen LogP contribution in [0.15, 0.2) is 18.2 Å². The van der Waals surface area contributed by atoms with Crippen LogP contribution in [0.2, 0.25) is 0 Å². The average molecular weight is 263 g/mol. The molecule has 0 aliphatic heterocycles. The van der Waals surface area contributed by atoms with Crippen LogP contribution in [0, 0.1) is 5.82 Å². The Balaban J connectivity index is 0.00000256. The molecule has 4 nitrogen and oxygen atoms in total. The van der Waals surface area contributed by atoms with E-state index >= 15 is 0 Å². The first-order valence-electron chi connectivity index (χ1n) is 4.90. The van der Waals surface area contributed by atoms with E-state index in [1.807, 2.05) is 0 Å². The third kappa shape index (κ3) is 5.51. The number of likely N-dealkylation sites (N-methyl/N-ethyl adjacent to an activating group) is 1. The minimum absolute atomic E-state index is 0. The number of benzene rings is 1. The Morgan fingerprint density at radius 2 is 2.12 bits per heavy atom. The molecular formula is C11H16ClFN2O2. The predicted octanol–water partition coefficient (Wildman–Crippen LogP) is 1.09. The molecule has 0 bridgehead atoms. The summed E-state index contributed by atoms with van der Waals surface area (Å²) >= 11 is 0. The maximum atomic E-state index is 13.1. The van der Waals surface area contributed by atoms with Gasteiger partial charge in [-0.15, -0.1) is 12.4 Å². The lowest BCUT2D eigenvalue weighted by Crippen LogP contribution is -2.31. The van der Waals surface area contributed by atoms with E-state index < -0.39 is 0 Å². The number of hydrogen-bond acceptors (Lipinski definition) is 3. The summed E-state index contributed by atoms with van der Waals surface area (Å²) in [5, 5.41) is 5.38. The molecule has 0 atom stereocenters. The minimum Gasteiger partial charge on any atom is -0.497 e. The topological polar surface area (TPSA) is 50.4 Å². The highest BCUT2D eigenvalue weighted by atomic mass is 35.5. The molecule has 1 rings (SSSR count). The van der Waals surface area contributed by atoms with Gasteiger partial charge in [0.05, 0.1) is 13.7 Å². The SMILES string of the molecule is CNCC(=O)NCc1cc(F)cc(OC)c1.Cl. The Morgan fingerprint density at radius 3 is 2.71 bits per heavy atom. The van der Waals surface area contributed by atoms with Gasteiger partial charge in [-0.2, -0.15) is 0 Å². The molecule has 0 radical (unpaired) electrons. The van der Waals surface area contributed by atoms with Crippen molar-refractivity contribution in [2.45, 2.75) is 6.54 Å². The zero-order chi connectivity index (χ0) is 12.0. The van der Waals surface area contributed by atoms with Gasteiger partial charge in [0.25, 0.3) is 0 Å². The number of methoxy groups -OCH3 is 1. The zero-order valence-corrected chi connectivity index (χ0v) is 10.6. The van der Waals surface area contributed by atoms with E-state index in [4.69, 9.17) is 4.74 Å². The zero-order valence-electron chi connectivity index (χ0n) is 9.75. The van der Waals surface area contributed by atoms with Gasteiger partial charge in [-0.25, -0.2) is 4.39 Å². The number of rotatable bonds is 5. The Hall–Kier alpha value is -1.33. The second-order valence-electron chi connectivity index (χ2n) is 3.31. The molecule has 0 saturated heterocycles. The van der Waals surface area contributed by atoms with E-state index in [9.17, 15) is 9.18 Å². The van der Waals surface area contributed by atoms with Crippen molar-refractivity contribution in [3.63, 3.8) is 0 Å². The molecule has 2 N–H and O–H groups in total. The van der Waals surface area contributed by atoms with E-state index in [2.05, 4.69) is 10.6 Å². The Kier molecular flexibility index (Phi) is 7.25. The third-order valence-corrected chi connectivity index (χ3v) is 1.99. The van der Waals surface area contributed by atoms with Crippen molar-refractivity contribution in [2.24, 2.45) is 0 Å². The summed E-state index contributed by atoms with van der Waals surface area (Å²) in [6.45, 7) is 0.529. The van der Waals surface area contributed by atoms with Gasteiger partial charge in [-0.05, 0) is 24.7 Å². The molecule has 0 fully saturated rings. The maximum Gasteiger partial charge on any atom is 0.234 e. The fourth-order valence-corrected chi connectivity index (χ4v) is 1.26. The van der Waals surface area contributed by atoms with Gasteiger partial charge >= 0.3 is 0 Å². The molecule has 6 heteroatoms. The van der Waals surface area contributed by atoms with Gasteiger partial charge in [0.1, 0.15) is 11.6 Å². The second-order valence-corrected chi connectivity index (χ2v) is 3.31. The van der Waals surface area contributed by atoms with E-state index in [0.29, 0.717) is 11.3 Å². The first kappa shape index (κ1) is 15.7. The number of halogens is 2. The molecule has 0 aliphatic carbocycles. The lowest BCUT2D eigenvalue weighted by atomic mass is 10.2. The van der Waals surface area contributed by atoms with Crippen molar-refractivity contribution in [3.8, 4) is 5.75 Å². The van der Waals surface area contributed by atoms with Crippen LogP contribution < -0.4 is 15.4 Å². The first-order valence-corrected chi connectivity index (χ1v) is 4.90. The maximum absolute atomic E-state index is 13.1. The van der Waals surface area contributed by atoms with E-state index in [-0.39, 0.29) is 37.2 Å². The molecule has 96 valence electrons. The van der Waals surface area contributed by atoms with Gasteiger partial charge in [-0.3, -0.25) is 4.79 Å². The summed E-state index contributed by atoms with van der Waals surface area (Å²) in [4.78, 5) is 11.2. The van der Waals surface area contributed by atoms with Gasteiger partial charge in [0.15, 0.2) is 0 Å². The van der Waals surface area contributed by atoms with Crippen LogP contribution in [0.4, 0.5) is 4.39 Å². The summed E-state index contributed by atoms with van der Waals surface area (Å²) in [6.07, 6.45) is 0. The molecule has 0 aliphatic rings. The highest BCUT2D eigenvalue weighted by Crippen LogP contribution is 2.15. The van der Waals surface area contributed by atoms with Crippen LogP contribution in [0.25, 0.3) is 0 Å². The summed E-state index contributed by atoms with van der Waals surface area (Å²) in [5.41, 5.74) is 0.668. The number of amides is 1. The molecule has 0 heterocycles. The average Bonchev–Trinajstić information content (AvgIpc) is 2.26. The first-order chi connectivity index (χ1) is 7.65. The number of ether oxygens (including phenoxy) is 1. The molecule has 0 saturated carbocycles. The number of nitrogens with one attached hydrogen (secondary N) is 2. The van der Waals surface area contributed by atoms with Crippen molar-refractivity contribution in [2.75, 3.05) is 20.7 Å². The third-order valence-electron chi connectivity index (χ3n) is 1.99. The van der Waals surface area contributed by atoms with Crippen LogP contribution in [0.3, 0.4) is 0 Å². The summed E-state index contributed by atoms with van der Waals surface area (Å²) < 4.78 is 18.0. The molecule has 1 aromatic rings. The number of carbonyl (C=O) groups excluding carboxylic acids is 1. The van der Waals surface area contributed by atoms with E-state index in [1.165, 1.54) is 19.2 Å². The highest BCUT2D eigenvalue weighted by Gasteiger charge is 2.03. The van der Waals surface area contributed by atoms with Gasteiger partial charge < -0.3 is 15.4 Å². The fraction of sp³-hybridized carbons (Fsp3) is 0.364. The number of hydrogen-bond donors (Lipinski definition) is 2. The Morgan fingerprint density at radius 1 is 1.41 bits per heavy atom. The molecule has 0 unspecified atom stereocenters. The predicted molar refractivity (Wildman–Crippen MR) is 66.0 cm³/mol. The van der Waals surface area contributed by atoms with Crippen molar-refractivity contribution in [1.29, 1.82) is 0 Å². The fourth-order valence-electron chi connectivity index (χ4n) is 1.26. The van der Waals surface area contributed by atoms with E-state index in [1.54, 1.807) is 13.1 Å². The summed E-state index contributed by atoms with van der Waals surface area (Å²) in [5.74, 6) is -0.0687. The highest BCUT2D eigenvalue weighted by molar-refractivity contribution is 5.85. The molecular weight excluding hydrogens is 247 g/mol. The molecule has 0 aromatic heterocycles. The quantitative estimate of drug-likeness (QED) is 0.835. The normalized spacial score (nSPS) is 9.35. The molecule has 17 heavy (non-hydrogen) atoms. The van der Waals surface area contributed by atoms with Crippen molar-refractivity contribution >= 4 is 18.3 Å². The lowest BCUT2D eigenvalue weighted by Gasteiger charge is -2.07. The largest absolute Gasteiger partial charge is 0.497 e. The lowest BCUT2D eigenvalue weighted by molar-refractivity contribution is -0.120. The second kappa shape index (κ2) is 7.86. The molecule has 1 amide bonds. The summed E-state index contributed by atoms with van der Waals surface area (Å²) in [7, 11) is 3.16. The van der Waals surface area contributed by atoms with Crippen molar-refractivity contribution in [1.82, 2.24) is 10.6 Å². The number of carbonyl (C=O) groups is 1. The monoisotopic (exact) mass is 262 g/mol. The van der Waals surface area contributed by atoms with Crippen LogP contribution in [0.1, 0.15) is 5.56 Å². The van der Waals surface area contributed by atoms with Gasteiger partial charge in [0.2, 0.25) is 5.91 Å². The minimum atomic E-state index is -0.378. The van der Waals surface area contributed by atoms with Crippen LogP contribution >= 0.6 is 12.4 Å². The summed E-state index contributed by atoms with van der Waals surface area (Å²) in [6, 6.07) is 4.34. The smallest absolute Gasteiger partial charge is 0.234 e. The van der Waals surface area contributed by atoms with Crippen LogP contribution in [0.5, 0.6) is 5.75 Å². The van der Waals surface area contributed by atoms with Crippen LogP contribution in [-0.4, -0.2) is 26.6 Å². The molecule has 1 aromatic carbocycles. The van der Waals surface area contributed by atoms with Crippen molar-refractivity contribution < 1.29 is 13.9 Å². The van der Waals surface area contributed by atoms with E-state index in [0.717, 1.165) is 0 Å². The van der Waals surface area contributed by atoms with Gasteiger partial charge in [0, 0.05) is 12.6 Å². The standard InChI is InChI=1S/C11H15FN2O2.ClH/c1-13-7-11(15)14-6-8-3-9(12)5-10(4-8)16-2;/h3-5,13H,6-7H2,1-2H3,(H,14,15);1H. The molecule has 0 spiro atoms. The van der Waals surface area contributed by atoms with Gasteiger partial charge in [-0.1, -0.05) is 0 Å². The van der Waals surface area contributed by atoms with Crippen molar-refractivity contribution in [3.05, 3.63) is 29.6 Å². The Bertz CT molecular complexity index is 374.